The van der Waals surface area contributed by atoms with Gasteiger partial charge in [0.2, 0.25) is 0 Å². The second-order valence-corrected chi connectivity index (χ2v) is 3.83. The Morgan fingerprint density at radius 1 is 1.57 bits per heavy atom. The number of aryl methyl sites for hydroxylation is 2. The van der Waals surface area contributed by atoms with E-state index < -0.39 is 0 Å². The Morgan fingerprint density at radius 3 is 3.00 bits per heavy atom. The van der Waals surface area contributed by atoms with Crippen LogP contribution in [0.25, 0.3) is 0 Å². The van der Waals surface area contributed by atoms with Crippen LogP contribution in [-0.4, -0.2) is 23.1 Å². The first-order chi connectivity index (χ1) is 6.77. The van der Waals surface area contributed by atoms with E-state index in [9.17, 15) is 0 Å². The molecule has 1 N–H and O–H groups in total. The van der Waals surface area contributed by atoms with E-state index in [-0.39, 0.29) is 0 Å². The van der Waals surface area contributed by atoms with Gasteiger partial charge in [-0.1, -0.05) is 6.92 Å². The van der Waals surface area contributed by atoms with Crippen LogP contribution in [0.1, 0.15) is 26.1 Å². The number of aromatic nitrogens is 2. The first-order valence-corrected chi connectivity index (χ1v) is 5.42. The zero-order valence-electron chi connectivity index (χ0n) is 9.45. The van der Waals surface area contributed by atoms with Crippen molar-refractivity contribution in [2.24, 2.45) is 5.92 Å². The highest BCUT2D eigenvalue weighted by atomic mass is 15.0. The largest absolute Gasteiger partial charge is 0.335 e. The summed E-state index contributed by atoms with van der Waals surface area (Å²) in [4.78, 5) is 4.36. The van der Waals surface area contributed by atoms with Crippen molar-refractivity contribution in [1.29, 1.82) is 0 Å². The predicted octanol–water partition coefficient (Wildman–Crippen LogP) is 1.69. The van der Waals surface area contributed by atoms with E-state index in [1.165, 1.54) is 12.2 Å². The fourth-order valence-corrected chi connectivity index (χ4v) is 1.68. The highest BCUT2D eigenvalue weighted by Crippen LogP contribution is 2.07. The molecule has 1 aromatic heterocycles. The van der Waals surface area contributed by atoms with Gasteiger partial charge in [-0.15, -0.1) is 0 Å². The maximum atomic E-state index is 4.36. The van der Waals surface area contributed by atoms with Crippen molar-refractivity contribution in [3.63, 3.8) is 0 Å². The molecular weight excluding hydrogens is 174 g/mol. The van der Waals surface area contributed by atoms with E-state index in [2.05, 4.69) is 34.9 Å². The molecule has 0 bridgehead atoms. The van der Waals surface area contributed by atoms with Crippen molar-refractivity contribution in [2.75, 3.05) is 13.6 Å². The first kappa shape index (κ1) is 11.2. The molecule has 1 unspecified atom stereocenters. The summed E-state index contributed by atoms with van der Waals surface area (Å²) in [5.74, 6) is 1.94. The van der Waals surface area contributed by atoms with Gasteiger partial charge in [0.1, 0.15) is 5.82 Å². The molecule has 1 heterocycles. The summed E-state index contributed by atoms with van der Waals surface area (Å²) < 4.78 is 2.21. The van der Waals surface area contributed by atoms with Crippen molar-refractivity contribution in [1.82, 2.24) is 14.9 Å². The maximum Gasteiger partial charge on any atom is 0.108 e. The second kappa shape index (κ2) is 5.81. The molecule has 3 nitrogen and oxygen atoms in total. The molecule has 0 aliphatic heterocycles. The Balaban J connectivity index is 2.37. The van der Waals surface area contributed by atoms with Gasteiger partial charge in [0.15, 0.2) is 0 Å². The topological polar surface area (TPSA) is 29.9 Å². The molecule has 1 aromatic rings. The highest BCUT2D eigenvalue weighted by molar-refractivity contribution is 4.92. The molecule has 0 radical (unpaired) electrons. The fourth-order valence-electron chi connectivity index (χ4n) is 1.68. The lowest BCUT2D eigenvalue weighted by Crippen LogP contribution is -2.17. The number of hydrogen-bond acceptors (Lipinski definition) is 2. The Labute approximate surface area is 86.5 Å². The molecular formula is C11H21N3. The van der Waals surface area contributed by atoms with E-state index in [1.807, 2.05) is 13.2 Å². The van der Waals surface area contributed by atoms with Gasteiger partial charge in [-0.25, -0.2) is 4.98 Å². The molecule has 0 spiro atoms. The van der Waals surface area contributed by atoms with Crippen LogP contribution >= 0.6 is 0 Å². The number of rotatable bonds is 6. The summed E-state index contributed by atoms with van der Waals surface area (Å²) in [7, 11) is 2.00. The Morgan fingerprint density at radius 2 is 2.36 bits per heavy atom. The van der Waals surface area contributed by atoms with Crippen molar-refractivity contribution >= 4 is 0 Å². The van der Waals surface area contributed by atoms with Crippen LogP contribution in [0.15, 0.2) is 12.4 Å². The third-order valence-corrected chi connectivity index (χ3v) is 2.56. The van der Waals surface area contributed by atoms with Gasteiger partial charge in [0.05, 0.1) is 0 Å². The minimum absolute atomic E-state index is 0.724. The van der Waals surface area contributed by atoms with Crippen molar-refractivity contribution in [3.05, 3.63) is 18.2 Å². The zero-order chi connectivity index (χ0) is 10.4. The van der Waals surface area contributed by atoms with Gasteiger partial charge >= 0.3 is 0 Å². The van der Waals surface area contributed by atoms with Gasteiger partial charge < -0.3 is 9.88 Å². The number of imidazole rings is 1. The van der Waals surface area contributed by atoms with Gasteiger partial charge in [-0.3, -0.25) is 0 Å². The van der Waals surface area contributed by atoms with Crippen LogP contribution in [0, 0.1) is 5.92 Å². The van der Waals surface area contributed by atoms with Crippen LogP contribution in [0.4, 0.5) is 0 Å². The Bertz CT molecular complexity index is 255. The monoisotopic (exact) mass is 195 g/mol. The van der Waals surface area contributed by atoms with Crippen LogP contribution in [-0.2, 0) is 13.0 Å². The minimum atomic E-state index is 0.724. The van der Waals surface area contributed by atoms with E-state index >= 15 is 0 Å². The predicted molar refractivity (Wildman–Crippen MR) is 59.3 cm³/mol. The number of nitrogens with one attached hydrogen (secondary N) is 1. The van der Waals surface area contributed by atoms with Crippen molar-refractivity contribution in [3.8, 4) is 0 Å². The van der Waals surface area contributed by atoms with Crippen LogP contribution < -0.4 is 5.32 Å². The van der Waals surface area contributed by atoms with E-state index in [0.29, 0.717) is 0 Å². The molecule has 3 heteroatoms. The van der Waals surface area contributed by atoms with E-state index in [1.54, 1.807) is 0 Å². The molecule has 0 fully saturated rings. The first-order valence-electron chi connectivity index (χ1n) is 5.42. The van der Waals surface area contributed by atoms with Gasteiger partial charge in [0.25, 0.3) is 0 Å². The lowest BCUT2D eigenvalue weighted by Gasteiger charge is -2.10. The van der Waals surface area contributed by atoms with Crippen molar-refractivity contribution in [2.45, 2.75) is 33.2 Å². The second-order valence-electron chi connectivity index (χ2n) is 3.83. The molecule has 0 aromatic carbocycles. The molecule has 0 saturated carbocycles. The van der Waals surface area contributed by atoms with Crippen molar-refractivity contribution < 1.29 is 0 Å². The fraction of sp³-hybridized carbons (Fsp3) is 0.727. The quantitative estimate of drug-likeness (QED) is 0.748. The summed E-state index contributed by atoms with van der Waals surface area (Å²) in [5, 5.41) is 3.20. The maximum absolute atomic E-state index is 4.36. The smallest absolute Gasteiger partial charge is 0.108 e. The molecule has 0 amide bonds. The van der Waals surface area contributed by atoms with Gasteiger partial charge in [-0.05, 0) is 32.9 Å². The van der Waals surface area contributed by atoms with Gasteiger partial charge in [-0.2, -0.15) is 0 Å². The summed E-state index contributed by atoms with van der Waals surface area (Å²) >= 11 is 0. The summed E-state index contributed by atoms with van der Waals surface area (Å²) in [6, 6.07) is 0. The van der Waals surface area contributed by atoms with E-state index in [0.717, 1.165) is 25.4 Å². The average Bonchev–Trinajstić information content (AvgIpc) is 2.62. The molecule has 0 aliphatic carbocycles. The average molecular weight is 195 g/mol. The molecule has 80 valence electrons. The van der Waals surface area contributed by atoms with E-state index in [4.69, 9.17) is 0 Å². The zero-order valence-corrected chi connectivity index (χ0v) is 9.45. The lowest BCUT2D eigenvalue weighted by molar-refractivity contribution is 0.492. The third kappa shape index (κ3) is 3.14. The van der Waals surface area contributed by atoms with Crippen LogP contribution in [0.5, 0.6) is 0 Å². The normalized spacial score (nSPS) is 13.1. The standard InChI is InChI=1S/C11H21N3/c1-4-14-8-7-13-11(14)6-5-10(2)9-12-3/h7-8,10,12H,4-6,9H2,1-3H3. The summed E-state index contributed by atoms with van der Waals surface area (Å²) in [6.45, 7) is 6.54. The highest BCUT2D eigenvalue weighted by Gasteiger charge is 2.04. The molecule has 14 heavy (non-hydrogen) atoms. The number of hydrogen-bond donors (Lipinski definition) is 1. The lowest BCUT2D eigenvalue weighted by atomic mass is 10.1. The SMILES string of the molecule is CCn1ccnc1CCC(C)CNC. The third-order valence-electron chi connectivity index (χ3n) is 2.56. The Hall–Kier alpha value is -0.830. The molecule has 0 saturated heterocycles. The summed E-state index contributed by atoms with van der Waals surface area (Å²) in [5.41, 5.74) is 0. The molecule has 0 aliphatic rings. The number of nitrogens with zero attached hydrogens (tertiary/aromatic N) is 2. The Kier molecular flexibility index (Phi) is 4.66. The van der Waals surface area contributed by atoms with Crippen LogP contribution in [0.3, 0.4) is 0 Å². The van der Waals surface area contributed by atoms with Gasteiger partial charge in [0, 0.05) is 25.4 Å². The molecule has 1 rings (SSSR count). The van der Waals surface area contributed by atoms with Crippen LogP contribution in [0.2, 0.25) is 0 Å². The minimum Gasteiger partial charge on any atom is -0.335 e. The molecule has 1 atom stereocenters. The summed E-state index contributed by atoms with van der Waals surface area (Å²) in [6.07, 6.45) is 6.24.